The number of carbonyl (C=O) groups is 1. The van der Waals surface area contributed by atoms with Crippen molar-refractivity contribution in [2.75, 3.05) is 59.5 Å². The van der Waals surface area contributed by atoms with Crippen LogP contribution in [0.5, 0.6) is 0 Å². The molecular weight excluding hydrogens is 336 g/mol. The molecule has 0 unspecified atom stereocenters. The van der Waals surface area contributed by atoms with Crippen molar-refractivity contribution in [1.29, 1.82) is 0 Å². The molecular formula is C18H28N4O4. The second-order valence-electron chi connectivity index (χ2n) is 6.49. The zero-order chi connectivity index (χ0) is 18.8. The third-order valence-electron chi connectivity index (χ3n) is 4.54. The number of piperazine rings is 1. The Morgan fingerprint density at radius 1 is 1.19 bits per heavy atom. The van der Waals surface area contributed by atoms with E-state index < -0.39 is 0 Å². The molecule has 1 heterocycles. The molecule has 144 valence electrons. The van der Waals surface area contributed by atoms with Gasteiger partial charge in [0.05, 0.1) is 11.5 Å². The number of non-ortho nitro benzene ring substituents is 1. The summed E-state index contributed by atoms with van der Waals surface area (Å²) in [5.41, 5.74) is 1.23. The number of amides is 1. The first kappa shape index (κ1) is 20.3. The van der Waals surface area contributed by atoms with E-state index in [2.05, 4.69) is 15.1 Å². The summed E-state index contributed by atoms with van der Waals surface area (Å²) in [6, 6.07) is 6.75. The van der Waals surface area contributed by atoms with Crippen LogP contribution in [0.25, 0.3) is 0 Å². The number of nitro benzene ring substituents is 1. The molecule has 0 spiro atoms. The van der Waals surface area contributed by atoms with Gasteiger partial charge in [-0.1, -0.05) is 12.1 Å². The first-order valence-electron chi connectivity index (χ1n) is 9.02. The van der Waals surface area contributed by atoms with Crippen molar-refractivity contribution in [3.05, 3.63) is 39.9 Å². The van der Waals surface area contributed by atoms with Gasteiger partial charge in [0.1, 0.15) is 0 Å². The first-order chi connectivity index (χ1) is 12.6. The molecule has 8 nitrogen and oxygen atoms in total. The Morgan fingerprint density at radius 2 is 1.85 bits per heavy atom. The van der Waals surface area contributed by atoms with Gasteiger partial charge in [0, 0.05) is 65.1 Å². The van der Waals surface area contributed by atoms with Crippen LogP contribution in [0.15, 0.2) is 24.3 Å². The Bertz CT molecular complexity index is 571. The number of carbonyl (C=O) groups excluding carboxylic acids is 1. The number of rotatable bonds is 10. The molecule has 0 radical (unpaired) electrons. The average Bonchev–Trinajstić information content (AvgIpc) is 2.65. The molecule has 0 atom stereocenters. The summed E-state index contributed by atoms with van der Waals surface area (Å²) >= 11 is 0. The Balaban J connectivity index is 1.62. The van der Waals surface area contributed by atoms with E-state index in [1.807, 2.05) is 12.1 Å². The van der Waals surface area contributed by atoms with Gasteiger partial charge in [-0.2, -0.15) is 0 Å². The molecule has 1 aliphatic rings. The Labute approximate surface area is 154 Å². The predicted octanol–water partition coefficient (Wildman–Crippen LogP) is 0.908. The minimum Gasteiger partial charge on any atom is -0.385 e. The fraction of sp³-hybridized carbons (Fsp3) is 0.611. The van der Waals surface area contributed by atoms with Gasteiger partial charge in [-0.15, -0.1) is 0 Å². The van der Waals surface area contributed by atoms with Gasteiger partial charge in [0.15, 0.2) is 0 Å². The van der Waals surface area contributed by atoms with Crippen LogP contribution in [0.1, 0.15) is 12.0 Å². The van der Waals surface area contributed by atoms with E-state index in [9.17, 15) is 14.9 Å². The summed E-state index contributed by atoms with van der Waals surface area (Å²) in [4.78, 5) is 26.7. The summed E-state index contributed by atoms with van der Waals surface area (Å²) in [6.07, 6.45) is 1.71. The van der Waals surface area contributed by atoms with Crippen LogP contribution in [-0.4, -0.2) is 80.2 Å². The van der Waals surface area contributed by atoms with Gasteiger partial charge in [0.2, 0.25) is 5.91 Å². The smallest absolute Gasteiger partial charge is 0.269 e. The number of benzene rings is 1. The summed E-state index contributed by atoms with van der Waals surface area (Å²) in [5, 5.41) is 13.6. The fourth-order valence-corrected chi connectivity index (χ4v) is 2.95. The Hall–Kier alpha value is -2.03. The molecule has 26 heavy (non-hydrogen) atoms. The van der Waals surface area contributed by atoms with Gasteiger partial charge < -0.3 is 15.0 Å². The van der Waals surface area contributed by atoms with Gasteiger partial charge in [0.25, 0.3) is 5.69 Å². The lowest BCUT2D eigenvalue weighted by Crippen LogP contribution is -2.49. The topological polar surface area (TPSA) is 88.0 Å². The van der Waals surface area contributed by atoms with E-state index in [0.29, 0.717) is 19.7 Å². The minimum atomic E-state index is -0.378. The minimum absolute atomic E-state index is 0.0698. The molecule has 1 amide bonds. The van der Waals surface area contributed by atoms with Crippen LogP contribution in [0, 0.1) is 10.1 Å². The zero-order valence-electron chi connectivity index (χ0n) is 15.4. The van der Waals surface area contributed by atoms with Gasteiger partial charge >= 0.3 is 0 Å². The highest BCUT2D eigenvalue weighted by Gasteiger charge is 2.18. The fourth-order valence-electron chi connectivity index (χ4n) is 2.95. The van der Waals surface area contributed by atoms with E-state index in [-0.39, 0.29) is 16.5 Å². The van der Waals surface area contributed by atoms with Crippen LogP contribution in [0.4, 0.5) is 5.69 Å². The number of hydrogen-bond acceptors (Lipinski definition) is 6. The van der Waals surface area contributed by atoms with E-state index in [0.717, 1.165) is 51.1 Å². The molecule has 0 aromatic heterocycles. The standard InChI is InChI=1S/C18H28N4O4/c1-26-14-2-8-19-18(23)15-21-12-10-20(11-13-21)9-7-16-3-5-17(6-4-16)22(24)25/h3-6H,2,7-15H2,1H3,(H,19,23). The number of nitrogens with one attached hydrogen (secondary N) is 1. The number of nitro groups is 1. The summed E-state index contributed by atoms with van der Waals surface area (Å²) in [6.45, 7) is 6.32. The molecule has 2 rings (SSSR count). The van der Waals surface area contributed by atoms with Crippen molar-refractivity contribution in [2.45, 2.75) is 12.8 Å². The zero-order valence-corrected chi connectivity index (χ0v) is 15.4. The lowest BCUT2D eigenvalue weighted by Gasteiger charge is -2.34. The van der Waals surface area contributed by atoms with Crippen LogP contribution in [-0.2, 0) is 16.0 Å². The Kier molecular flexibility index (Phi) is 8.46. The maximum Gasteiger partial charge on any atom is 0.269 e. The molecule has 1 aliphatic heterocycles. The molecule has 0 saturated carbocycles. The number of nitrogens with zero attached hydrogens (tertiary/aromatic N) is 3. The van der Waals surface area contributed by atoms with Gasteiger partial charge in [-0.3, -0.25) is 19.8 Å². The molecule has 0 aliphatic carbocycles. The third kappa shape index (κ3) is 7.07. The number of ether oxygens (including phenoxy) is 1. The molecule has 8 heteroatoms. The normalized spacial score (nSPS) is 15.7. The van der Waals surface area contributed by atoms with E-state index >= 15 is 0 Å². The largest absolute Gasteiger partial charge is 0.385 e. The van der Waals surface area contributed by atoms with Crippen molar-refractivity contribution in [3.63, 3.8) is 0 Å². The van der Waals surface area contributed by atoms with Crippen molar-refractivity contribution < 1.29 is 14.5 Å². The highest BCUT2D eigenvalue weighted by molar-refractivity contribution is 5.77. The van der Waals surface area contributed by atoms with Crippen molar-refractivity contribution in [3.8, 4) is 0 Å². The van der Waals surface area contributed by atoms with E-state index in [1.54, 1.807) is 19.2 Å². The molecule has 1 N–H and O–H groups in total. The predicted molar refractivity (Wildman–Crippen MR) is 99.2 cm³/mol. The molecule has 1 aromatic rings. The molecule has 1 fully saturated rings. The monoisotopic (exact) mass is 364 g/mol. The highest BCUT2D eigenvalue weighted by atomic mass is 16.6. The van der Waals surface area contributed by atoms with Gasteiger partial charge in [-0.05, 0) is 18.4 Å². The summed E-state index contributed by atoms with van der Waals surface area (Å²) in [5.74, 6) is 0.0698. The maximum atomic E-state index is 11.9. The molecule has 0 bridgehead atoms. The molecule has 1 aromatic carbocycles. The highest BCUT2D eigenvalue weighted by Crippen LogP contribution is 2.13. The van der Waals surface area contributed by atoms with Crippen LogP contribution < -0.4 is 5.32 Å². The lowest BCUT2D eigenvalue weighted by molar-refractivity contribution is -0.384. The average molecular weight is 364 g/mol. The third-order valence-corrected chi connectivity index (χ3v) is 4.54. The molecule has 1 saturated heterocycles. The number of hydrogen-bond donors (Lipinski definition) is 1. The summed E-state index contributed by atoms with van der Waals surface area (Å²) in [7, 11) is 1.66. The lowest BCUT2D eigenvalue weighted by atomic mass is 10.1. The Morgan fingerprint density at radius 3 is 2.46 bits per heavy atom. The summed E-state index contributed by atoms with van der Waals surface area (Å²) < 4.78 is 4.96. The van der Waals surface area contributed by atoms with Crippen molar-refractivity contribution >= 4 is 11.6 Å². The van der Waals surface area contributed by atoms with Crippen molar-refractivity contribution in [1.82, 2.24) is 15.1 Å². The van der Waals surface area contributed by atoms with E-state index in [1.165, 1.54) is 0 Å². The number of methoxy groups -OCH3 is 1. The second-order valence-corrected chi connectivity index (χ2v) is 6.49. The van der Waals surface area contributed by atoms with Crippen molar-refractivity contribution in [2.24, 2.45) is 0 Å². The van der Waals surface area contributed by atoms with Crippen LogP contribution >= 0.6 is 0 Å². The van der Waals surface area contributed by atoms with E-state index in [4.69, 9.17) is 4.74 Å². The van der Waals surface area contributed by atoms with Crippen LogP contribution in [0.2, 0.25) is 0 Å². The first-order valence-corrected chi connectivity index (χ1v) is 9.02. The SMILES string of the molecule is COCCCNC(=O)CN1CCN(CCc2ccc([N+](=O)[O-])cc2)CC1. The van der Waals surface area contributed by atoms with Crippen LogP contribution in [0.3, 0.4) is 0 Å². The second kappa shape index (κ2) is 10.8. The van der Waals surface area contributed by atoms with Gasteiger partial charge in [-0.25, -0.2) is 0 Å². The quantitative estimate of drug-likeness (QED) is 0.377. The maximum absolute atomic E-state index is 11.9.